The molecule has 0 spiro atoms. The third-order valence-corrected chi connectivity index (χ3v) is 1.78. The zero-order valence-corrected chi connectivity index (χ0v) is 8.28. The number of hydrogen-bond acceptors (Lipinski definition) is 2. The smallest absolute Gasteiger partial charge is 0.341 e. The highest BCUT2D eigenvalue weighted by atomic mass is 19.2. The molecule has 17 heavy (non-hydrogen) atoms. The number of halogens is 4. The van der Waals surface area contributed by atoms with Crippen molar-refractivity contribution in [2.75, 3.05) is 5.32 Å². The Balaban J connectivity index is 3.65. The van der Waals surface area contributed by atoms with Crippen molar-refractivity contribution in [3.63, 3.8) is 0 Å². The second kappa shape index (κ2) is 4.40. The molecule has 1 amide bonds. The summed E-state index contributed by atoms with van der Waals surface area (Å²) in [5, 5.41) is 10.1. The molecule has 8 heteroatoms. The van der Waals surface area contributed by atoms with E-state index in [1.54, 1.807) is 5.32 Å². The van der Waals surface area contributed by atoms with Gasteiger partial charge in [0.25, 0.3) is 0 Å². The molecule has 0 aliphatic rings. The molecule has 92 valence electrons. The first kappa shape index (κ1) is 12.9. The molecule has 2 N–H and O–H groups in total. The van der Waals surface area contributed by atoms with Crippen molar-refractivity contribution in [1.29, 1.82) is 0 Å². The Hall–Kier alpha value is -2.12. The molecule has 0 aromatic heterocycles. The van der Waals surface area contributed by atoms with Gasteiger partial charge in [0.05, 0.1) is 5.69 Å². The molecular formula is C9H5F4NO3. The number of carbonyl (C=O) groups is 2. The van der Waals surface area contributed by atoms with Crippen LogP contribution in [0.3, 0.4) is 0 Å². The van der Waals surface area contributed by atoms with Gasteiger partial charge in [-0.2, -0.15) is 0 Å². The number of benzene rings is 1. The fourth-order valence-electron chi connectivity index (χ4n) is 1.13. The minimum atomic E-state index is -2.26. The highest BCUT2D eigenvalue weighted by molar-refractivity contribution is 6.00. The lowest BCUT2D eigenvalue weighted by atomic mass is 10.1. The van der Waals surface area contributed by atoms with Crippen LogP contribution in [0.1, 0.15) is 17.3 Å². The van der Waals surface area contributed by atoms with Crippen LogP contribution >= 0.6 is 0 Å². The molecule has 1 aromatic carbocycles. The lowest BCUT2D eigenvalue weighted by Gasteiger charge is -2.10. The lowest BCUT2D eigenvalue weighted by molar-refractivity contribution is -0.114. The summed E-state index contributed by atoms with van der Waals surface area (Å²) in [6.07, 6.45) is 0. The molecule has 1 rings (SSSR count). The van der Waals surface area contributed by atoms with Gasteiger partial charge in [-0.15, -0.1) is 0 Å². The van der Waals surface area contributed by atoms with E-state index in [9.17, 15) is 27.2 Å². The first-order valence-corrected chi connectivity index (χ1v) is 4.14. The van der Waals surface area contributed by atoms with Crippen molar-refractivity contribution in [2.24, 2.45) is 0 Å². The average Bonchev–Trinajstić information content (AvgIpc) is 2.22. The fourth-order valence-corrected chi connectivity index (χ4v) is 1.13. The van der Waals surface area contributed by atoms with Gasteiger partial charge in [0.2, 0.25) is 5.91 Å². The minimum Gasteiger partial charge on any atom is -0.478 e. The summed E-state index contributed by atoms with van der Waals surface area (Å²) < 4.78 is 51.8. The normalized spacial score (nSPS) is 10.2. The van der Waals surface area contributed by atoms with Gasteiger partial charge in [0, 0.05) is 6.92 Å². The number of amides is 1. The molecular weight excluding hydrogens is 246 g/mol. The Morgan fingerprint density at radius 2 is 1.47 bits per heavy atom. The Labute approximate surface area is 91.9 Å². The molecule has 0 bridgehead atoms. The lowest BCUT2D eigenvalue weighted by Crippen LogP contribution is -2.17. The van der Waals surface area contributed by atoms with Gasteiger partial charge in [0.15, 0.2) is 23.3 Å². The van der Waals surface area contributed by atoms with E-state index >= 15 is 0 Å². The molecule has 0 aliphatic heterocycles. The van der Waals surface area contributed by atoms with Crippen LogP contribution in [-0.4, -0.2) is 17.0 Å². The number of aromatic carboxylic acids is 1. The standard InChI is InChI=1S/C9H5F4NO3/c1-2(15)14-8-3(9(16)17)4(10)5(11)6(12)7(8)13/h1H3,(H,14,15)(H,16,17). The molecule has 0 saturated heterocycles. The maximum absolute atomic E-state index is 13.2. The molecule has 0 atom stereocenters. The van der Waals surface area contributed by atoms with Gasteiger partial charge in [-0.1, -0.05) is 0 Å². The van der Waals surface area contributed by atoms with Gasteiger partial charge < -0.3 is 10.4 Å². The zero-order chi connectivity index (χ0) is 13.3. The Morgan fingerprint density at radius 3 is 1.88 bits per heavy atom. The van der Waals surface area contributed by atoms with Crippen LogP contribution in [0.15, 0.2) is 0 Å². The molecule has 0 aliphatic carbocycles. The van der Waals surface area contributed by atoms with Crippen LogP contribution in [-0.2, 0) is 4.79 Å². The number of hydrogen-bond donors (Lipinski definition) is 2. The van der Waals surface area contributed by atoms with Gasteiger partial charge >= 0.3 is 5.97 Å². The highest BCUT2D eigenvalue weighted by Crippen LogP contribution is 2.28. The minimum absolute atomic E-state index is 0.865. The molecule has 0 heterocycles. The SMILES string of the molecule is CC(=O)Nc1c(F)c(F)c(F)c(F)c1C(=O)O. The van der Waals surface area contributed by atoms with Gasteiger partial charge in [-0.3, -0.25) is 4.79 Å². The summed E-state index contributed by atoms with van der Waals surface area (Å²) in [7, 11) is 0. The van der Waals surface area contributed by atoms with E-state index in [1.165, 1.54) is 0 Å². The second-order valence-corrected chi connectivity index (χ2v) is 2.99. The third-order valence-electron chi connectivity index (χ3n) is 1.78. The predicted molar refractivity (Wildman–Crippen MR) is 47.5 cm³/mol. The summed E-state index contributed by atoms with van der Waals surface area (Å²) in [6.45, 7) is 0.865. The van der Waals surface area contributed by atoms with Crippen LogP contribution in [0, 0.1) is 23.3 Å². The predicted octanol–water partition coefficient (Wildman–Crippen LogP) is 1.90. The monoisotopic (exact) mass is 251 g/mol. The second-order valence-electron chi connectivity index (χ2n) is 2.99. The number of carboxylic acid groups (broad SMARTS) is 1. The Kier molecular flexibility index (Phi) is 3.35. The van der Waals surface area contributed by atoms with E-state index < -0.39 is 46.4 Å². The van der Waals surface area contributed by atoms with Crippen LogP contribution in [0.2, 0.25) is 0 Å². The maximum atomic E-state index is 13.2. The number of rotatable bonds is 2. The average molecular weight is 251 g/mol. The quantitative estimate of drug-likeness (QED) is 0.479. The maximum Gasteiger partial charge on any atom is 0.341 e. The Morgan fingerprint density at radius 1 is 1.00 bits per heavy atom. The summed E-state index contributed by atoms with van der Waals surface area (Å²) in [6, 6.07) is 0. The van der Waals surface area contributed by atoms with Crippen molar-refractivity contribution in [2.45, 2.75) is 6.92 Å². The fraction of sp³-hybridized carbons (Fsp3) is 0.111. The number of carbonyl (C=O) groups excluding carboxylic acids is 1. The molecule has 0 fully saturated rings. The number of anilines is 1. The molecule has 0 radical (unpaired) electrons. The molecule has 1 aromatic rings. The van der Waals surface area contributed by atoms with Crippen LogP contribution in [0.25, 0.3) is 0 Å². The van der Waals surface area contributed by atoms with Crippen molar-refractivity contribution < 1.29 is 32.3 Å². The largest absolute Gasteiger partial charge is 0.478 e. The summed E-state index contributed by atoms with van der Waals surface area (Å²) in [5.74, 6) is -11.5. The van der Waals surface area contributed by atoms with Crippen LogP contribution < -0.4 is 5.32 Å². The van der Waals surface area contributed by atoms with Crippen molar-refractivity contribution in [3.8, 4) is 0 Å². The van der Waals surface area contributed by atoms with E-state index in [-0.39, 0.29) is 0 Å². The first-order chi connectivity index (χ1) is 7.77. The highest BCUT2D eigenvalue weighted by Gasteiger charge is 2.29. The van der Waals surface area contributed by atoms with Crippen molar-refractivity contribution >= 4 is 17.6 Å². The van der Waals surface area contributed by atoms with Gasteiger partial charge in [0.1, 0.15) is 5.56 Å². The van der Waals surface area contributed by atoms with Crippen LogP contribution in [0.5, 0.6) is 0 Å². The van der Waals surface area contributed by atoms with E-state index in [4.69, 9.17) is 5.11 Å². The van der Waals surface area contributed by atoms with Gasteiger partial charge in [-0.05, 0) is 0 Å². The topological polar surface area (TPSA) is 66.4 Å². The first-order valence-electron chi connectivity index (χ1n) is 4.14. The van der Waals surface area contributed by atoms with E-state index in [0.717, 1.165) is 6.92 Å². The number of carboxylic acids is 1. The van der Waals surface area contributed by atoms with Gasteiger partial charge in [-0.25, -0.2) is 22.4 Å². The summed E-state index contributed by atoms with van der Waals surface area (Å²) in [4.78, 5) is 21.2. The van der Waals surface area contributed by atoms with E-state index in [2.05, 4.69) is 0 Å². The van der Waals surface area contributed by atoms with Crippen molar-refractivity contribution in [3.05, 3.63) is 28.8 Å². The third kappa shape index (κ3) is 2.19. The van der Waals surface area contributed by atoms with Crippen LogP contribution in [0.4, 0.5) is 23.2 Å². The molecule has 0 unspecified atom stereocenters. The summed E-state index contributed by atoms with van der Waals surface area (Å²) in [5.41, 5.74) is -2.72. The Bertz CT molecular complexity index is 516. The van der Waals surface area contributed by atoms with E-state index in [0.29, 0.717) is 0 Å². The van der Waals surface area contributed by atoms with Crippen molar-refractivity contribution in [1.82, 2.24) is 0 Å². The zero-order valence-electron chi connectivity index (χ0n) is 8.28. The number of nitrogens with one attached hydrogen (secondary N) is 1. The van der Waals surface area contributed by atoms with E-state index in [1.807, 2.05) is 0 Å². The molecule has 4 nitrogen and oxygen atoms in total. The summed E-state index contributed by atoms with van der Waals surface area (Å²) >= 11 is 0. The molecule has 0 saturated carbocycles.